The van der Waals surface area contributed by atoms with E-state index in [1.54, 1.807) is 0 Å². The first kappa shape index (κ1) is 19.9. The third-order valence-corrected chi connectivity index (χ3v) is 5.17. The van der Waals surface area contributed by atoms with Crippen LogP contribution in [0.5, 0.6) is 0 Å². The second-order valence-corrected chi connectivity index (χ2v) is 7.43. The standard InChI is InChI=1S/C20H16F2N2O2S2/c1-11-16(12-6-4-3-5-7-12)17(19(25)26-2)18(28-11)24-20(27)23-15-9-8-13(21)10-14(15)22/h3-10H,1-2H3,(H2,23,24,27). The van der Waals surface area contributed by atoms with Crippen molar-refractivity contribution in [2.24, 2.45) is 0 Å². The Morgan fingerprint density at radius 3 is 2.46 bits per heavy atom. The van der Waals surface area contributed by atoms with Gasteiger partial charge in [-0.15, -0.1) is 11.3 Å². The number of halogens is 2. The molecule has 4 nitrogen and oxygen atoms in total. The maximum Gasteiger partial charge on any atom is 0.341 e. The lowest BCUT2D eigenvalue weighted by molar-refractivity contribution is 0.0603. The smallest absolute Gasteiger partial charge is 0.341 e. The number of anilines is 2. The van der Waals surface area contributed by atoms with Crippen molar-refractivity contribution in [2.45, 2.75) is 6.92 Å². The Hall–Kier alpha value is -2.84. The number of aryl methyl sites for hydroxylation is 1. The molecule has 1 aromatic heterocycles. The fourth-order valence-corrected chi connectivity index (χ4v) is 4.07. The highest BCUT2D eigenvalue weighted by Crippen LogP contribution is 2.40. The molecule has 0 radical (unpaired) electrons. The summed E-state index contributed by atoms with van der Waals surface area (Å²) in [6, 6.07) is 12.6. The molecule has 0 saturated heterocycles. The largest absolute Gasteiger partial charge is 0.465 e. The maximum absolute atomic E-state index is 13.8. The molecule has 144 valence electrons. The van der Waals surface area contributed by atoms with Gasteiger partial charge in [-0.3, -0.25) is 0 Å². The first-order valence-corrected chi connectivity index (χ1v) is 9.43. The number of carbonyl (C=O) groups is 1. The van der Waals surface area contributed by atoms with Crippen molar-refractivity contribution >= 4 is 45.3 Å². The summed E-state index contributed by atoms with van der Waals surface area (Å²) in [5, 5.41) is 6.14. The number of thiocarbonyl (C=S) groups is 1. The molecule has 0 aliphatic carbocycles. The average Bonchev–Trinajstić information content (AvgIpc) is 2.99. The molecule has 3 rings (SSSR count). The van der Waals surface area contributed by atoms with Gasteiger partial charge in [-0.05, 0) is 36.8 Å². The van der Waals surface area contributed by atoms with Crippen LogP contribution in [0.3, 0.4) is 0 Å². The first-order chi connectivity index (χ1) is 13.4. The number of methoxy groups -OCH3 is 1. The topological polar surface area (TPSA) is 50.4 Å². The normalized spacial score (nSPS) is 10.4. The Morgan fingerprint density at radius 1 is 1.11 bits per heavy atom. The van der Waals surface area contributed by atoms with Gasteiger partial charge in [0, 0.05) is 16.5 Å². The van der Waals surface area contributed by atoms with Crippen LogP contribution in [0.2, 0.25) is 0 Å². The van der Waals surface area contributed by atoms with Crippen LogP contribution in [0, 0.1) is 18.6 Å². The van der Waals surface area contributed by atoms with Crippen molar-refractivity contribution in [3.05, 3.63) is 70.6 Å². The molecule has 1 heterocycles. The summed E-state index contributed by atoms with van der Waals surface area (Å²) in [4.78, 5) is 13.3. The van der Waals surface area contributed by atoms with Gasteiger partial charge in [0.05, 0.1) is 12.8 Å². The van der Waals surface area contributed by atoms with Crippen molar-refractivity contribution in [3.63, 3.8) is 0 Å². The predicted molar refractivity (Wildman–Crippen MR) is 112 cm³/mol. The summed E-state index contributed by atoms with van der Waals surface area (Å²) in [6.07, 6.45) is 0. The number of thiophene rings is 1. The van der Waals surface area contributed by atoms with Crippen LogP contribution < -0.4 is 10.6 Å². The lowest BCUT2D eigenvalue weighted by atomic mass is 10.0. The van der Waals surface area contributed by atoms with E-state index in [2.05, 4.69) is 10.6 Å². The van der Waals surface area contributed by atoms with Gasteiger partial charge in [-0.25, -0.2) is 13.6 Å². The Morgan fingerprint density at radius 2 is 1.82 bits per heavy atom. The van der Waals surface area contributed by atoms with Crippen molar-refractivity contribution in [3.8, 4) is 11.1 Å². The van der Waals surface area contributed by atoms with Crippen molar-refractivity contribution in [1.82, 2.24) is 0 Å². The summed E-state index contributed by atoms with van der Waals surface area (Å²) in [5.41, 5.74) is 1.99. The van der Waals surface area contributed by atoms with Crippen molar-refractivity contribution in [2.75, 3.05) is 17.7 Å². The molecule has 8 heteroatoms. The van der Waals surface area contributed by atoms with Crippen LogP contribution in [0.25, 0.3) is 11.1 Å². The number of carbonyl (C=O) groups excluding carboxylic acids is 1. The number of ether oxygens (including phenoxy) is 1. The molecule has 0 fully saturated rings. The van der Waals surface area contributed by atoms with Crippen LogP contribution in [0.15, 0.2) is 48.5 Å². The maximum atomic E-state index is 13.8. The van der Waals surface area contributed by atoms with Crippen molar-refractivity contribution in [1.29, 1.82) is 0 Å². The molecule has 0 aliphatic heterocycles. The van der Waals surface area contributed by atoms with Gasteiger partial charge in [0.1, 0.15) is 22.2 Å². The van der Waals surface area contributed by atoms with Crippen LogP contribution in [0.4, 0.5) is 19.5 Å². The summed E-state index contributed by atoms with van der Waals surface area (Å²) in [6.45, 7) is 1.89. The molecule has 0 amide bonds. The highest BCUT2D eigenvalue weighted by molar-refractivity contribution is 7.80. The van der Waals surface area contributed by atoms with E-state index in [4.69, 9.17) is 17.0 Å². The predicted octanol–water partition coefficient (Wildman–Crippen LogP) is 5.60. The fourth-order valence-electron chi connectivity index (χ4n) is 2.73. The number of esters is 1. The molecular formula is C20H16F2N2O2S2. The second-order valence-electron chi connectivity index (χ2n) is 5.80. The highest BCUT2D eigenvalue weighted by atomic mass is 32.1. The Labute approximate surface area is 170 Å². The molecule has 2 aromatic carbocycles. The molecule has 0 bridgehead atoms. The lowest BCUT2D eigenvalue weighted by Gasteiger charge is -2.12. The van der Waals surface area contributed by atoms with Crippen LogP contribution in [0.1, 0.15) is 15.2 Å². The van der Waals surface area contributed by atoms with E-state index in [-0.39, 0.29) is 10.8 Å². The van der Waals surface area contributed by atoms with Gasteiger partial charge in [-0.2, -0.15) is 0 Å². The highest BCUT2D eigenvalue weighted by Gasteiger charge is 2.24. The quantitative estimate of drug-likeness (QED) is 0.427. The molecule has 28 heavy (non-hydrogen) atoms. The molecule has 2 N–H and O–H groups in total. The minimum Gasteiger partial charge on any atom is -0.465 e. The Kier molecular flexibility index (Phi) is 6.01. The zero-order valence-corrected chi connectivity index (χ0v) is 16.6. The summed E-state index contributed by atoms with van der Waals surface area (Å²) in [7, 11) is 1.30. The zero-order valence-electron chi connectivity index (χ0n) is 15.0. The molecule has 0 atom stereocenters. The number of rotatable bonds is 4. The third kappa shape index (κ3) is 4.18. The molecule has 0 unspecified atom stereocenters. The van der Waals surface area contributed by atoms with E-state index in [0.29, 0.717) is 10.6 Å². The average molecular weight is 418 g/mol. The van der Waals surface area contributed by atoms with Gasteiger partial charge in [0.25, 0.3) is 0 Å². The third-order valence-electron chi connectivity index (χ3n) is 3.94. The zero-order chi connectivity index (χ0) is 20.3. The van der Waals surface area contributed by atoms with E-state index in [0.717, 1.165) is 28.1 Å². The van der Waals surface area contributed by atoms with E-state index < -0.39 is 17.6 Å². The molecular weight excluding hydrogens is 402 g/mol. The van der Waals surface area contributed by atoms with Gasteiger partial charge < -0.3 is 15.4 Å². The monoisotopic (exact) mass is 418 g/mol. The molecule has 3 aromatic rings. The van der Waals surface area contributed by atoms with Gasteiger partial charge in [-0.1, -0.05) is 30.3 Å². The summed E-state index contributed by atoms with van der Waals surface area (Å²) >= 11 is 6.57. The van der Waals surface area contributed by atoms with Crippen LogP contribution in [-0.2, 0) is 4.74 Å². The molecule has 0 spiro atoms. The summed E-state index contributed by atoms with van der Waals surface area (Å²) < 4.78 is 31.8. The van der Waals surface area contributed by atoms with Crippen LogP contribution >= 0.6 is 23.6 Å². The number of benzene rings is 2. The summed E-state index contributed by atoms with van der Waals surface area (Å²) in [5.74, 6) is -1.97. The van der Waals surface area contributed by atoms with Gasteiger partial charge >= 0.3 is 5.97 Å². The number of nitrogens with one attached hydrogen (secondary N) is 2. The molecule has 0 aliphatic rings. The van der Waals surface area contributed by atoms with E-state index in [9.17, 15) is 13.6 Å². The van der Waals surface area contributed by atoms with E-state index in [1.165, 1.54) is 24.5 Å². The van der Waals surface area contributed by atoms with Crippen LogP contribution in [-0.4, -0.2) is 18.2 Å². The first-order valence-electron chi connectivity index (χ1n) is 8.21. The fraction of sp³-hybridized carbons (Fsp3) is 0.100. The van der Waals surface area contributed by atoms with Crippen molar-refractivity contribution < 1.29 is 18.3 Å². The number of hydrogen-bond acceptors (Lipinski definition) is 4. The van der Waals surface area contributed by atoms with Gasteiger partial charge in [0.2, 0.25) is 0 Å². The minimum atomic E-state index is -0.773. The van der Waals surface area contributed by atoms with E-state index in [1.807, 2.05) is 37.3 Å². The second kappa shape index (κ2) is 8.45. The number of hydrogen-bond donors (Lipinski definition) is 2. The van der Waals surface area contributed by atoms with E-state index >= 15 is 0 Å². The minimum absolute atomic E-state index is 0.0232. The lowest BCUT2D eigenvalue weighted by Crippen LogP contribution is -2.20. The molecule has 0 saturated carbocycles. The Bertz CT molecular complexity index is 1040. The SMILES string of the molecule is COC(=O)c1c(NC(=S)Nc2ccc(F)cc2F)sc(C)c1-c1ccccc1. The van der Waals surface area contributed by atoms with Gasteiger partial charge in [0.15, 0.2) is 5.11 Å². The Balaban J connectivity index is 1.93.